The van der Waals surface area contributed by atoms with Crippen molar-refractivity contribution in [2.75, 3.05) is 0 Å². The van der Waals surface area contributed by atoms with Gasteiger partial charge in [0.05, 0.1) is 6.07 Å². The predicted molar refractivity (Wildman–Crippen MR) is 77.3 cm³/mol. The zero-order valence-electron chi connectivity index (χ0n) is 10.8. The van der Waals surface area contributed by atoms with E-state index in [1.807, 2.05) is 0 Å². The number of benzene rings is 2. The van der Waals surface area contributed by atoms with Crippen molar-refractivity contribution in [2.45, 2.75) is 25.8 Å². The van der Waals surface area contributed by atoms with Crippen molar-refractivity contribution < 1.29 is 0 Å². The lowest BCUT2D eigenvalue weighted by atomic mass is 10.0. The fraction of sp³-hybridized carbons (Fsp3) is 0.235. The molecule has 0 atom stereocenters. The van der Waals surface area contributed by atoms with Crippen LogP contribution in [0.3, 0.4) is 0 Å². The maximum atomic E-state index is 9.06. The van der Waals surface area contributed by atoms with Crippen LogP contribution in [0.2, 0.25) is 0 Å². The Bertz CT molecular complexity index is 672. The van der Waals surface area contributed by atoms with E-state index >= 15 is 0 Å². The van der Waals surface area contributed by atoms with Gasteiger partial charge in [0, 0.05) is 17.8 Å². The molecule has 0 saturated heterocycles. The van der Waals surface area contributed by atoms with Gasteiger partial charge in [0.1, 0.15) is 0 Å². The number of nitrogens with one attached hydrogen (secondary N) is 1. The largest absolute Gasteiger partial charge is 0.383 e. The summed E-state index contributed by atoms with van der Waals surface area (Å²) in [7, 11) is 0. The second-order valence-corrected chi connectivity index (χ2v) is 4.91. The smallest absolute Gasteiger partial charge is 0.0965 e. The normalized spacial score (nSPS) is 14.7. The van der Waals surface area contributed by atoms with Crippen LogP contribution >= 0.6 is 0 Å². The Labute approximate surface area is 113 Å². The number of hydrogen-bond acceptors (Lipinski definition) is 2. The molecule has 0 aliphatic heterocycles. The third kappa shape index (κ3) is 2.32. The number of hydrogen-bond donors (Lipinski definition) is 1. The molecule has 0 unspecified atom stereocenters. The van der Waals surface area contributed by atoms with Crippen molar-refractivity contribution in [3.05, 3.63) is 59.3 Å². The third-order valence-corrected chi connectivity index (χ3v) is 3.72. The predicted octanol–water partition coefficient (Wildman–Crippen LogP) is 3.89. The van der Waals surface area contributed by atoms with Gasteiger partial charge in [-0.1, -0.05) is 42.5 Å². The monoisotopic (exact) mass is 248 g/mol. The van der Waals surface area contributed by atoms with E-state index in [2.05, 4.69) is 53.9 Å². The van der Waals surface area contributed by atoms with Gasteiger partial charge in [0.15, 0.2) is 0 Å². The summed E-state index contributed by atoms with van der Waals surface area (Å²) in [5, 5.41) is 15.1. The fourth-order valence-electron chi connectivity index (χ4n) is 2.71. The van der Waals surface area contributed by atoms with Crippen LogP contribution < -0.4 is 5.32 Å². The van der Waals surface area contributed by atoms with Gasteiger partial charge in [-0.25, -0.2) is 0 Å². The molecule has 0 heterocycles. The van der Waals surface area contributed by atoms with Crippen LogP contribution in [-0.4, -0.2) is 0 Å². The van der Waals surface area contributed by atoms with E-state index in [0.29, 0.717) is 0 Å². The first-order valence-corrected chi connectivity index (χ1v) is 6.71. The molecule has 0 bridgehead atoms. The molecule has 1 aliphatic carbocycles. The van der Waals surface area contributed by atoms with Crippen LogP contribution in [0.15, 0.2) is 53.7 Å². The molecule has 0 fully saturated rings. The van der Waals surface area contributed by atoms with Crippen LogP contribution in [0, 0.1) is 11.3 Å². The van der Waals surface area contributed by atoms with E-state index < -0.39 is 0 Å². The van der Waals surface area contributed by atoms with Crippen LogP contribution in [0.1, 0.15) is 24.8 Å². The minimum Gasteiger partial charge on any atom is -0.383 e. The van der Waals surface area contributed by atoms with Crippen molar-refractivity contribution in [2.24, 2.45) is 0 Å². The second-order valence-electron chi connectivity index (χ2n) is 4.91. The first-order chi connectivity index (χ1) is 9.38. The van der Waals surface area contributed by atoms with E-state index in [4.69, 9.17) is 5.26 Å². The van der Waals surface area contributed by atoms with Gasteiger partial charge >= 0.3 is 0 Å². The number of fused-ring (bicyclic) bond motifs is 1. The van der Waals surface area contributed by atoms with Crippen molar-refractivity contribution in [1.82, 2.24) is 5.32 Å². The first-order valence-electron chi connectivity index (χ1n) is 6.71. The number of rotatable bonds is 3. The van der Waals surface area contributed by atoms with E-state index in [1.54, 1.807) is 0 Å². The summed E-state index contributed by atoms with van der Waals surface area (Å²) in [6, 6.07) is 17.1. The molecule has 2 heteroatoms. The van der Waals surface area contributed by atoms with Crippen molar-refractivity contribution >= 4 is 10.8 Å². The minimum atomic E-state index is 0.794. The van der Waals surface area contributed by atoms with Crippen LogP contribution in [0.5, 0.6) is 0 Å². The molecule has 19 heavy (non-hydrogen) atoms. The molecule has 0 amide bonds. The molecule has 1 N–H and O–H groups in total. The molecular weight excluding hydrogens is 232 g/mol. The molecule has 0 saturated carbocycles. The number of nitrogens with zero attached hydrogens (tertiary/aromatic N) is 1. The summed E-state index contributed by atoms with van der Waals surface area (Å²) >= 11 is 0. The SMILES string of the molecule is N#CC1=C(NCc2cccc3ccccc23)CCC1. The quantitative estimate of drug-likeness (QED) is 0.894. The molecule has 94 valence electrons. The van der Waals surface area contributed by atoms with E-state index in [0.717, 1.165) is 37.1 Å². The highest BCUT2D eigenvalue weighted by Gasteiger charge is 2.13. The Hall–Kier alpha value is -2.27. The zero-order valence-corrected chi connectivity index (χ0v) is 10.8. The molecule has 3 rings (SSSR count). The maximum absolute atomic E-state index is 9.06. The Kier molecular flexibility index (Phi) is 3.20. The van der Waals surface area contributed by atoms with E-state index in [-0.39, 0.29) is 0 Å². The van der Waals surface area contributed by atoms with Gasteiger partial charge in [-0.3, -0.25) is 0 Å². The molecule has 0 aromatic heterocycles. The van der Waals surface area contributed by atoms with Crippen LogP contribution in [-0.2, 0) is 6.54 Å². The van der Waals surface area contributed by atoms with Crippen LogP contribution in [0.25, 0.3) is 10.8 Å². The number of nitriles is 1. The summed E-state index contributed by atoms with van der Waals surface area (Å²) in [4.78, 5) is 0. The number of allylic oxidation sites excluding steroid dienone is 2. The van der Waals surface area contributed by atoms with Crippen LogP contribution in [0.4, 0.5) is 0 Å². The molecular formula is C17H16N2. The standard InChI is InChI=1S/C17H16N2/c18-11-14-7-4-10-17(14)19-12-15-8-3-6-13-5-1-2-9-16(13)15/h1-3,5-6,8-9,19H,4,7,10,12H2. The average molecular weight is 248 g/mol. The van der Waals surface area contributed by atoms with E-state index in [9.17, 15) is 0 Å². The highest BCUT2D eigenvalue weighted by atomic mass is 14.9. The lowest BCUT2D eigenvalue weighted by Crippen LogP contribution is -2.12. The fourth-order valence-corrected chi connectivity index (χ4v) is 2.71. The maximum Gasteiger partial charge on any atom is 0.0965 e. The van der Waals surface area contributed by atoms with Gasteiger partial charge in [0.2, 0.25) is 0 Å². The topological polar surface area (TPSA) is 35.8 Å². The molecule has 2 aromatic carbocycles. The lowest BCUT2D eigenvalue weighted by molar-refractivity contribution is 0.764. The third-order valence-electron chi connectivity index (χ3n) is 3.72. The Morgan fingerprint density at radius 2 is 1.89 bits per heavy atom. The van der Waals surface area contributed by atoms with Gasteiger partial charge < -0.3 is 5.32 Å². The van der Waals surface area contributed by atoms with Crippen molar-refractivity contribution in [3.8, 4) is 6.07 Å². The van der Waals surface area contributed by atoms with Gasteiger partial charge in [-0.05, 0) is 35.6 Å². The summed E-state index contributed by atoms with van der Waals surface area (Å²) < 4.78 is 0. The molecule has 0 radical (unpaired) electrons. The Balaban J connectivity index is 1.85. The van der Waals surface area contributed by atoms with Crippen molar-refractivity contribution in [3.63, 3.8) is 0 Å². The summed E-state index contributed by atoms with van der Waals surface area (Å²) in [5.41, 5.74) is 3.35. The molecule has 1 aliphatic rings. The molecule has 2 aromatic rings. The van der Waals surface area contributed by atoms with Gasteiger partial charge in [-0.2, -0.15) is 5.26 Å². The highest BCUT2D eigenvalue weighted by Crippen LogP contribution is 2.24. The van der Waals surface area contributed by atoms with Crippen molar-refractivity contribution in [1.29, 1.82) is 5.26 Å². The average Bonchev–Trinajstić information content (AvgIpc) is 2.92. The molecule has 2 nitrogen and oxygen atoms in total. The molecule has 0 spiro atoms. The minimum absolute atomic E-state index is 0.794. The summed E-state index contributed by atoms with van der Waals surface area (Å²) in [6.07, 6.45) is 3.03. The Morgan fingerprint density at radius 3 is 2.79 bits per heavy atom. The lowest BCUT2D eigenvalue weighted by Gasteiger charge is -2.10. The van der Waals surface area contributed by atoms with Gasteiger partial charge in [0.25, 0.3) is 0 Å². The second kappa shape index (κ2) is 5.16. The van der Waals surface area contributed by atoms with Gasteiger partial charge in [-0.15, -0.1) is 0 Å². The highest BCUT2D eigenvalue weighted by molar-refractivity contribution is 5.85. The zero-order chi connectivity index (χ0) is 13.1. The first kappa shape index (κ1) is 11.8. The van der Waals surface area contributed by atoms with E-state index in [1.165, 1.54) is 16.3 Å². The summed E-state index contributed by atoms with van der Waals surface area (Å²) in [6.45, 7) is 0.794. The summed E-state index contributed by atoms with van der Waals surface area (Å²) in [5.74, 6) is 0. The Morgan fingerprint density at radius 1 is 1.05 bits per heavy atom.